The van der Waals surface area contributed by atoms with Gasteiger partial charge < -0.3 is 20.5 Å². The molecule has 1 aromatic carbocycles. The summed E-state index contributed by atoms with van der Waals surface area (Å²) >= 11 is 0. The highest BCUT2D eigenvalue weighted by molar-refractivity contribution is 5.97. The molecule has 3 N–H and O–H groups in total. The molecule has 0 bridgehead atoms. The Balaban J connectivity index is 2.22. The van der Waals surface area contributed by atoms with Crippen molar-refractivity contribution < 1.29 is 14.3 Å². The molecule has 2 atom stereocenters. The van der Waals surface area contributed by atoms with Crippen LogP contribution in [0.4, 0.5) is 5.69 Å². The molecule has 110 valence electrons. The van der Waals surface area contributed by atoms with Crippen molar-refractivity contribution in [3.63, 3.8) is 0 Å². The van der Waals surface area contributed by atoms with Crippen LogP contribution in [0.3, 0.4) is 0 Å². The Morgan fingerprint density at radius 3 is 2.70 bits per heavy atom. The van der Waals surface area contributed by atoms with Crippen LogP contribution in [0.15, 0.2) is 18.2 Å². The van der Waals surface area contributed by atoms with Crippen molar-refractivity contribution >= 4 is 11.6 Å². The molecule has 1 aromatic rings. The monoisotopic (exact) mass is 278 g/mol. The fourth-order valence-corrected chi connectivity index (χ4v) is 2.65. The maximum Gasteiger partial charge on any atom is 0.231 e. The van der Waals surface area contributed by atoms with Crippen LogP contribution in [0.2, 0.25) is 0 Å². The van der Waals surface area contributed by atoms with Gasteiger partial charge in [-0.25, -0.2) is 0 Å². The first-order valence-electron chi connectivity index (χ1n) is 6.80. The zero-order valence-corrected chi connectivity index (χ0v) is 12.2. The van der Waals surface area contributed by atoms with Gasteiger partial charge in [-0.1, -0.05) is 6.42 Å². The molecule has 1 aliphatic rings. The minimum atomic E-state index is -0.520. The number of ether oxygens (including phenoxy) is 2. The third-order valence-corrected chi connectivity index (χ3v) is 4.20. The van der Waals surface area contributed by atoms with Crippen molar-refractivity contribution in [3.8, 4) is 11.5 Å². The van der Waals surface area contributed by atoms with E-state index in [0.29, 0.717) is 17.2 Å². The lowest BCUT2D eigenvalue weighted by Gasteiger charge is -2.27. The average Bonchev–Trinajstić information content (AvgIpc) is 2.80. The van der Waals surface area contributed by atoms with E-state index in [-0.39, 0.29) is 11.9 Å². The molecule has 1 fully saturated rings. The molecule has 0 aliphatic heterocycles. The first-order chi connectivity index (χ1) is 9.51. The van der Waals surface area contributed by atoms with Crippen LogP contribution in [0.1, 0.15) is 26.2 Å². The summed E-state index contributed by atoms with van der Waals surface area (Å²) in [6.45, 7) is 1.92. The summed E-state index contributed by atoms with van der Waals surface area (Å²) in [6.07, 6.45) is 2.69. The molecule has 2 unspecified atom stereocenters. The highest BCUT2D eigenvalue weighted by Gasteiger charge is 2.43. The number of hydrogen-bond donors (Lipinski definition) is 2. The third kappa shape index (κ3) is 2.58. The first-order valence-corrected chi connectivity index (χ1v) is 6.80. The summed E-state index contributed by atoms with van der Waals surface area (Å²) in [4.78, 5) is 12.5. The molecule has 5 nitrogen and oxygen atoms in total. The Kier molecular flexibility index (Phi) is 4.18. The van der Waals surface area contributed by atoms with Crippen molar-refractivity contribution in [2.45, 2.75) is 32.2 Å². The summed E-state index contributed by atoms with van der Waals surface area (Å²) in [5, 5.41) is 2.93. The molecular weight excluding hydrogens is 256 g/mol. The maximum absolute atomic E-state index is 12.5. The van der Waals surface area contributed by atoms with Crippen LogP contribution in [0.5, 0.6) is 11.5 Å². The van der Waals surface area contributed by atoms with Gasteiger partial charge in [-0.05, 0) is 31.9 Å². The fraction of sp³-hybridized carbons (Fsp3) is 0.533. The molecule has 2 rings (SSSR count). The average molecular weight is 278 g/mol. The Labute approximate surface area is 119 Å². The molecule has 1 amide bonds. The van der Waals surface area contributed by atoms with Gasteiger partial charge in [0, 0.05) is 12.1 Å². The minimum absolute atomic E-state index is 0.0611. The Hall–Kier alpha value is -1.75. The van der Waals surface area contributed by atoms with Gasteiger partial charge in [-0.3, -0.25) is 4.79 Å². The van der Waals surface area contributed by atoms with Gasteiger partial charge in [-0.2, -0.15) is 0 Å². The lowest BCUT2D eigenvalue weighted by molar-refractivity contribution is -0.125. The first kappa shape index (κ1) is 14.7. The fourth-order valence-electron chi connectivity index (χ4n) is 2.65. The number of carbonyl (C=O) groups excluding carboxylic acids is 1. The van der Waals surface area contributed by atoms with E-state index >= 15 is 0 Å². The predicted molar refractivity (Wildman–Crippen MR) is 78.1 cm³/mol. The zero-order chi connectivity index (χ0) is 14.8. The molecule has 5 heteroatoms. The van der Waals surface area contributed by atoms with Gasteiger partial charge in [0.25, 0.3) is 0 Å². The van der Waals surface area contributed by atoms with E-state index in [4.69, 9.17) is 15.2 Å². The molecule has 0 saturated heterocycles. The van der Waals surface area contributed by atoms with Gasteiger partial charge in [0.05, 0.1) is 25.3 Å². The number of methoxy groups -OCH3 is 2. The largest absolute Gasteiger partial charge is 0.497 e. The Bertz CT molecular complexity index is 504. The molecule has 0 heterocycles. The van der Waals surface area contributed by atoms with E-state index < -0.39 is 5.41 Å². The van der Waals surface area contributed by atoms with Crippen LogP contribution < -0.4 is 20.5 Å². The van der Waals surface area contributed by atoms with E-state index in [1.165, 1.54) is 0 Å². The zero-order valence-electron chi connectivity index (χ0n) is 12.2. The summed E-state index contributed by atoms with van der Waals surface area (Å²) < 4.78 is 10.4. The van der Waals surface area contributed by atoms with Crippen LogP contribution >= 0.6 is 0 Å². The number of amides is 1. The van der Waals surface area contributed by atoms with Crippen molar-refractivity contribution in [1.82, 2.24) is 0 Å². The molecule has 20 heavy (non-hydrogen) atoms. The van der Waals surface area contributed by atoms with E-state index in [1.54, 1.807) is 32.4 Å². The van der Waals surface area contributed by atoms with E-state index in [9.17, 15) is 4.79 Å². The number of hydrogen-bond acceptors (Lipinski definition) is 4. The van der Waals surface area contributed by atoms with Crippen molar-refractivity contribution in [1.29, 1.82) is 0 Å². The van der Waals surface area contributed by atoms with Gasteiger partial charge in [0.15, 0.2) is 0 Å². The summed E-state index contributed by atoms with van der Waals surface area (Å²) in [7, 11) is 3.15. The molecule has 0 spiro atoms. The number of benzene rings is 1. The van der Waals surface area contributed by atoms with Gasteiger partial charge in [0.1, 0.15) is 11.5 Å². The van der Waals surface area contributed by atoms with E-state index in [2.05, 4.69) is 5.32 Å². The normalized spacial score (nSPS) is 25.3. The van der Waals surface area contributed by atoms with Gasteiger partial charge >= 0.3 is 0 Å². The molecule has 0 aromatic heterocycles. The highest BCUT2D eigenvalue weighted by Crippen LogP contribution is 2.39. The van der Waals surface area contributed by atoms with Crippen molar-refractivity contribution in [2.24, 2.45) is 11.1 Å². The number of nitrogens with two attached hydrogens (primary N) is 1. The second kappa shape index (κ2) is 5.71. The second-order valence-corrected chi connectivity index (χ2v) is 5.44. The standard InChI is InChI=1S/C15H22N2O3/c1-15(8-4-5-13(15)16)14(18)17-11-9-10(19-2)6-7-12(11)20-3/h6-7,9,13H,4-5,8,16H2,1-3H3,(H,17,18). The summed E-state index contributed by atoms with van der Waals surface area (Å²) in [5.41, 5.74) is 6.17. The Morgan fingerprint density at radius 1 is 1.40 bits per heavy atom. The minimum Gasteiger partial charge on any atom is -0.497 e. The summed E-state index contributed by atoms with van der Waals surface area (Å²) in [6, 6.07) is 5.21. The smallest absolute Gasteiger partial charge is 0.231 e. The number of anilines is 1. The van der Waals surface area contributed by atoms with Crippen LogP contribution in [0.25, 0.3) is 0 Å². The predicted octanol–water partition coefficient (Wildman–Crippen LogP) is 2.16. The topological polar surface area (TPSA) is 73.6 Å². The number of nitrogens with one attached hydrogen (secondary N) is 1. The van der Waals surface area contributed by atoms with Crippen molar-refractivity contribution in [3.05, 3.63) is 18.2 Å². The second-order valence-electron chi connectivity index (χ2n) is 5.44. The molecule has 1 aliphatic carbocycles. The highest BCUT2D eigenvalue weighted by atomic mass is 16.5. The SMILES string of the molecule is COc1ccc(OC)c(NC(=O)C2(C)CCCC2N)c1. The quantitative estimate of drug-likeness (QED) is 0.885. The van der Waals surface area contributed by atoms with Crippen LogP contribution in [-0.4, -0.2) is 26.2 Å². The molecular formula is C15H22N2O3. The van der Waals surface area contributed by atoms with Gasteiger partial charge in [0.2, 0.25) is 5.91 Å². The number of carbonyl (C=O) groups is 1. The Morgan fingerprint density at radius 2 is 2.15 bits per heavy atom. The molecule has 0 radical (unpaired) electrons. The van der Waals surface area contributed by atoms with E-state index in [1.807, 2.05) is 6.92 Å². The lowest BCUT2D eigenvalue weighted by atomic mass is 9.84. The summed E-state index contributed by atoms with van der Waals surface area (Å²) in [5.74, 6) is 1.21. The maximum atomic E-state index is 12.5. The number of rotatable bonds is 4. The lowest BCUT2D eigenvalue weighted by Crippen LogP contribution is -2.44. The molecule has 1 saturated carbocycles. The van der Waals surface area contributed by atoms with Crippen molar-refractivity contribution in [2.75, 3.05) is 19.5 Å². The van der Waals surface area contributed by atoms with Gasteiger partial charge in [-0.15, -0.1) is 0 Å². The van der Waals surface area contributed by atoms with Crippen LogP contribution in [0, 0.1) is 5.41 Å². The van der Waals surface area contributed by atoms with Crippen LogP contribution in [-0.2, 0) is 4.79 Å². The van der Waals surface area contributed by atoms with E-state index in [0.717, 1.165) is 19.3 Å². The third-order valence-electron chi connectivity index (χ3n) is 4.20.